The summed E-state index contributed by atoms with van der Waals surface area (Å²) < 4.78 is 0. The van der Waals surface area contributed by atoms with Crippen LogP contribution in [0.15, 0.2) is 6.07 Å². The second-order valence-electron chi connectivity index (χ2n) is 5.20. The van der Waals surface area contributed by atoms with E-state index in [0.29, 0.717) is 29.5 Å². The van der Waals surface area contributed by atoms with Crippen molar-refractivity contribution in [1.29, 1.82) is 0 Å². The molecular formula is C14H13ClO3. The minimum Gasteiger partial charge on any atom is -0.508 e. The summed E-state index contributed by atoms with van der Waals surface area (Å²) >= 11 is 6.13. The summed E-state index contributed by atoms with van der Waals surface area (Å²) in [7, 11) is 0. The first-order valence-corrected chi connectivity index (χ1v) is 6.48. The van der Waals surface area contributed by atoms with Crippen LogP contribution < -0.4 is 0 Å². The third kappa shape index (κ3) is 1.20. The molecule has 4 heteroatoms. The number of fused-ring (bicyclic) bond motifs is 1. The van der Waals surface area contributed by atoms with Crippen molar-refractivity contribution in [3.05, 3.63) is 27.8 Å². The van der Waals surface area contributed by atoms with Crippen LogP contribution in [-0.2, 0) is 0 Å². The summed E-state index contributed by atoms with van der Waals surface area (Å²) in [5.74, 6) is -0.319. The highest BCUT2D eigenvalue weighted by Gasteiger charge is 2.55. The first kappa shape index (κ1) is 11.7. The van der Waals surface area contributed by atoms with Crippen molar-refractivity contribution >= 4 is 23.2 Å². The molecule has 0 bridgehead atoms. The van der Waals surface area contributed by atoms with E-state index in [1.807, 2.05) is 0 Å². The Balaban J connectivity index is 2.28. The largest absolute Gasteiger partial charge is 0.508 e. The lowest BCUT2D eigenvalue weighted by atomic mass is 9.81. The molecule has 0 unspecified atom stereocenters. The van der Waals surface area contributed by atoms with Crippen LogP contribution in [0.25, 0.3) is 0 Å². The Hall–Kier alpha value is -1.35. The molecule has 0 saturated heterocycles. The van der Waals surface area contributed by atoms with Gasteiger partial charge >= 0.3 is 0 Å². The fourth-order valence-corrected chi connectivity index (χ4v) is 3.45. The Morgan fingerprint density at radius 2 is 1.83 bits per heavy atom. The molecule has 1 N–H and O–H groups in total. The molecule has 18 heavy (non-hydrogen) atoms. The highest BCUT2D eigenvalue weighted by Crippen LogP contribution is 2.51. The average Bonchev–Trinajstić information content (AvgIpc) is 2.90. The van der Waals surface area contributed by atoms with E-state index in [0.717, 1.165) is 12.8 Å². The van der Waals surface area contributed by atoms with Crippen molar-refractivity contribution < 1.29 is 14.7 Å². The standard InChI is InChI=1S/C14H13ClO3/c1-7-9(16)6-8-10(11(7)15)13(18)14(12(8)17)4-2-3-5-14/h6,16H,2-5H2,1H3. The Bertz CT molecular complexity index is 583. The van der Waals surface area contributed by atoms with Crippen molar-refractivity contribution in [3.8, 4) is 5.75 Å². The molecular weight excluding hydrogens is 252 g/mol. The molecule has 0 amide bonds. The van der Waals surface area contributed by atoms with Crippen molar-refractivity contribution in [2.24, 2.45) is 5.41 Å². The van der Waals surface area contributed by atoms with Gasteiger partial charge in [-0.1, -0.05) is 24.4 Å². The van der Waals surface area contributed by atoms with Gasteiger partial charge in [-0.25, -0.2) is 0 Å². The van der Waals surface area contributed by atoms with Crippen LogP contribution in [0, 0.1) is 12.3 Å². The number of hydrogen-bond acceptors (Lipinski definition) is 3. The van der Waals surface area contributed by atoms with Gasteiger partial charge in [0, 0.05) is 16.7 Å². The number of aromatic hydroxyl groups is 1. The van der Waals surface area contributed by atoms with E-state index < -0.39 is 5.41 Å². The number of benzene rings is 1. The smallest absolute Gasteiger partial charge is 0.179 e. The second-order valence-corrected chi connectivity index (χ2v) is 5.58. The van der Waals surface area contributed by atoms with Gasteiger partial charge < -0.3 is 5.11 Å². The van der Waals surface area contributed by atoms with E-state index in [4.69, 9.17) is 11.6 Å². The van der Waals surface area contributed by atoms with Crippen LogP contribution in [0.2, 0.25) is 5.02 Å². The predicted octanol–water partition coefficient (Wildman–Crippen LogP) is 3.29. The van der Waals surface area contributed by atoms with E-state index in [1.165, 1.54) is 6.07 Å². The fraction of sp³-hybridized carbons (Fsp3) is 0.429. The quantitative estimate of drug-likeness (QED) is 0.732. The predicted molar refractivity (Wildman–Crippen MR) is 67.4 cm³/mol. The van der Waals surface area contributed by atoms with E-state index in [9.17, 15) is 14.7 Å². The van der Waals surface area contributed by atoms with Gasteiger partial charge in [0.05, 0.1) is 10.4 Å². The van der Waals surface area contributed by atoms with Gasteiger partial charge in [0.15, 0.2) is 11.6 Å². The monoisotopic (exact) mass is 264 g/mol. The third-order valence-electron chi connectivity index (χ3n) is 4.28. The number of carbonyl (C=O) groups is 2. The zero-order chi connectivity index (χ0) is 13.1. The second kappa shape index (κ2) is 3.58. The number of phenols is 1. The van der Waals surface area contributed by atoms with Crippen molar-refractivity contribution in [1.82, 2.24) is 0 Å². The maximum absolute atomic E-state index is 12.5. The lowest BCUT2D eigenvalue weighted by Gasteiger charge is -2.17. The third-order valence-corrected chi connectivity index (χ3v) is 4.75. The zero-order valence-corrected chi connectivity index (χ0v) is 10.8. The highest BCUT2D eigenvalue weighted by molar-refractivity contribution is 6.40. The van der Waals surface area contributed by atoms with Gasteiger partial charge in [0.25, 0.3) is 0 Å². The molecule has 1 aromatic carbocycles. The lowest BCUT2D eigenvalue weighted by Crippen LogP contribution is -2.29. The number of Topliss-reactive ketones (excluding diaryl/α,β-unsaturated/α-hetero) is 2. The van der Waals surface area contributed by atoms with Crippen LogP contribution in [0.3, 0.4) is 0 Å². The molecule has 0 atom stereocenters. The average molecular weight is 265 g/mol. The minimum atomic E-state index is -0.883. The molecule has 2 aliphatic carbocycles. The van der Waals surface area contributed by atoms with Crippen LogP contribution in [0.1, 0.15) is 52.0 Å². The molecule has 3 nitrogen and oxygen atoms in total. The Kier molecular flexibility index (Phi) is 2.33. The SMILES string of the molecule is Cc1c(O)cc2c(c1Cl)C(=O)C1(CCCC1)C2=O. The molecule has 94 valence electrons. The van der Waals surface area contributed by atoms with E-state index >= 15 is 0 Å². The summed E-state index contributed by atoms with van der Waals surface area (Å²) in [5.41, 5.74) is 0.201. The van der Waals surface area contributed by atoms with Gasteiger partial charge in [-0.2, -0.15) is 0 Å². The van der Waals surface area contributed by atoms with Crippen LogP contribution in [0.5, 0.6) is 5.75 Å². The molecule has 3 rings (SSSR count). The summed E-state index contributed by atoms with van der Waals surface area (Å²) in [4.78, 5) is 25.0. The normalized spacial score (nSPS) is 20.8. The fourth-order valence-electron chi connectivity index (χ4n) is 3.17. The molecule has 1 aromatic rings. The zero-order valence-electron chi connectivity index (χ0n) is 10.0. The van der Waals surface area contributed by atoms with Crippen molar-refractivity contribution in [2.75, 3.05) is 0 Å². The van der Waals surface area contributed by atoms with Gasteiger partial charge in [-0.05, 0) is 25.8 Å². The van der Waals surface area contributed by atoms with Crippen molar-refractivity contribution in [2.45, 2.75) is 32.6 Å². The number of rotatable bonds is 0. The molecule has 0 aliphatic heterocycles. The molecule has 0 heterocycles. The molecule has 2 aliphatic rings. The molecule has 0 aromatic heterocycles. The summed E-state index contributed by atoms with van der Waals surface area (Å²) in [5, 5.41) is 9.98. The highest BCUT2D eigenvalue weighted by atomic mass is 35.5. The Morgan fingerprint density at radius 3 is 2.44 bits per heavy atom. The summed E-state index contributed by atoms with van der Waals surface area (Å²) in [6.45, 7) is 1.65. The Labute approximate surface area is 110 Å². The summed E-state index contributed by atoms with van der Waals surface area (Å²) in [6.07, 6.45) is 3.01. The molecule has 1 saturated carbocycles. The number of hydrogen-bond donors (Lipinski definition) is 1. The molecule has 1 fully saturated rings. The van der Waals surface area contributed by atoms with E-state index in [1.54, 1.807) is 6.92 Å². The first-order chi connectivity index (χ1) is 8.49. The van der Waals surface area contributed by atoms with Gasteiger partial charge in [0.1, 0.15) is 5.75 Å². The Morgan fingerprint density at radius 1 is 1.22 bits per heavy atom. The molecule has 0 radical (unpaired) electrons. The number of ketones is 2. The topological polar surface area (TPSA) is 54.4 Å². The maximum atomic E-state index is 12.5. The summed E-state index contributed by atoms with van der Waals surface area (Å²) in [6, 6.07) is 1.39. The number of phenolic OH excluding ortho intramolecular Hbond substituents is 1. The van der Waals surface area contributed by atoms with E-state index in [2.05, 4.69) is 0 Å². The number of carbonyl (C=O) groups excluding carboxylic acids is 2. The number of halogens is 1. The lowest BCUT2D eigenvalue weighted by molar-refractivity contribution is 0.0706. The van der Waals surface area contributed by atoms with Crippen LogP contribution in [-0.4, -0.2) is 16.7 Å². The van der Waals surface area contributed by atoms with Crippen molar-refractivity contribution in [3.63, 3.8) is 0 Å². The van der Waals surface area contributed by atoms with Crippen LogP contribution >= 0.6 is 11.6 Å². The van der Waals surface area contributed by atoms with Gasteiger partial charge in [0.2, 0.25) is 0 Å². The minimum absolute atomic E-state index is 0.0186. The van der Waals surface area contributed by atoms with E-state index in [-0.39, 0.29) is 22.3 Å². The molecule has 1 spiro atoms. The van der Waals surface area contributed by atoms with Gasteiger partial charge in [-0.3, -0.25) is 9.59 Å². The maximum Gasteiger partial charge on any atom is 0.179 e. The first-order valence-electron chi connectivity index (χ1n) is 6.11. The van der Waals surface area contributed by atoms with Crippen LogP contribution in [0.4, 0.5) is 0 Å². The van der Waals surface area contributed by atoms with Gasteiger partial charge in [-0.15, -0.1) is 0 Å².